The minimum atomic E-state index is -1.18. The second-order valence-corrected chi connectivity index (χ2v) is 13.9. The van der Waals surface area contributed by atoms with E-state index in [-0.39, 0.29) is 40.2 Å². The third-order valence-electron chi connectivity index (χ3n) is 11.2. The fourth-order valence-corrected chi connectivity index (χ4v) is 9.86. The molecule has 7 nitrogen and oxygen atoms in total. The first-order valence-electron chi connectivity index (χ1n) is 14.5. The van der Waals surface area contributed by atoms with Crippen molar-refractivity contribution in [2.75, 3.05) is 6.26 Å². The number of rotatable bonds is 4. The summed E-state index contributed by atoms with van der Waals surface area (Å²) >= 11 is 1.15. The Morgan fingerprint density at radius 2 is 1.98 bits per heavy atom. The van der Waals surface area contributed by atoms with Gasteiger partial charge in [-0.15, -0.1) is 0 Å². The number of ether oxygens (including phenoxy) is 1. The van der Waals surface area contributed by atoms with Gasteiger partial charge < -0.3 is 9.84 Å². The highest BCUT2D eigenvalue weighted by molar-refractivity contribution is 8.13. The zero-order chi connectivity index (χ0) is 28.0. The molecule has 0 spiro atoms. The number of aliphatic hydroxyl groups excluding tert-OH is 1. The summed E-state index contributed by atoms with van der Waals surface area (Å²) in [4.78, 5) is 30.3. The molecule has 0 bridgehead atoms. The Morgan fingerprint density at radius 3 is 2.67 bits per heavy atom. The topological polar surface area (TPSA) is 94.3 Å². The molecule has 0 amide bonds. The third kappa shape index (κ3) is 3.58. The summed E-state index contributed by atoms with van der Waals surface area (Å²) in [5.74, 6) is -0.393. The lowest BCUT2D eigenvalue weighted by Gasteiger charge is -2.60. The molecule has 5 aliphatic carbocycles. The van der Waals surface area contributed by atoms with Crippen molar-refractivity contribution >= 4 is 28.9 Å². The monoisotopic (exact) mass is 565 g/mol. The quantitative estimate of drug-likeness (QED) is 0.405. The summed E-state index contributed by atoms with van der Waals surface area (Å²) in [7, 11) is 0. The van der Waals surface area contributed by atoms with Gasteiger partial charge in [0.25, 0.3) is 0 Å². The standard InChI is InChI=1S/C31H36FN3O4S/c1-29-13-18-15-34-35(20-7-9-25(32)33-16-20)23(18)12-19(29)6-8-21-22-10-11-31(28(38)40-3,39-27(37)17-4-5-17)30(22,2)14-24(36)26(21)29/h7,9,12,15-17,21-22,24,26,36H,4-6,8,10-11,13-14H2,1-3H3/t21-,22-,24-,26+,29-,30-,31-/m0/s1. The molecule has 9 heteroatoms. The molecule has 7 rings (SSSR count). The highest BCUT2D eigenvalue weighted by Crippen LogP contribution is 2.69. The van der Waals surface area contributed by atoms with Crippen LogP contribution >= 0.6 is 11.8 Å². The van der Waals surface area contributed by atoms with Crippen molar-refractivity contribution in [2.24, 2.45) is 34.5 Å². The Hall–Kier alpha value is -2.52. The minimum absolute atomic E-state index is 0.0360. The van der Waals surface area contributed by atoms with E-state index in [1.165, 1.54) is 17.8 Å². The largest absolute Gasteiger partial charge is 0.449 e. The molecule has 40 heavy (non-hydrogen) atoms. The summed E-state index contributed by atoms with van der Waals surface area (Å²) < 4.78 is 21.5. The van der Waals surface area contributed by atoms with Crippen LogP contribution in [0.25, 0.3) is 11.8 Å². The van der Waals surface area contributed by atoms with Gasteiger partial charge >= 0.3 is 5.97 Å². The summed E-state index contributed by atoms with van der Waals surface area (Å²) in [6.45, 7) is 4.38. The number of thioether (sulfide) groups is 1. The maximum Gasteiger partial charge on any atom is 0.309 e. The Morgan fingerprint density at radius 1 is 1.18 bits per heavy atom. The first-order valence-corrected chi connectivity index (χ1v) is 15.7. The number of aliphatic hydroxyl groups is 1. The first-order chi connectivity index (χ1) is 19.1. The van der Waals surface area contributed by atoms with E-state index in [0.29, 0.717) is 18.5 Å². The normalized spacial score (nSPS) is 38.0. The lowest BCUT2D eigenvalue weighted by molar-refractivity contribution is -0.197. The number of nitrogens with zero attached hydrogens (tertiary/aromatic N) is 3. The van der Waals surface area contributed by atoms with Crippen LogP contribution in [0.3, 0.4) is 0 Å². The van der Waals surface area contributed by atoms with E-state index in [9.17, 15) is 19.1 Å². The molecule has 0 unspecified atom stereocenters. The number of hydrogen-bond donors (Lipinski definition) is 1. The lowest BCUT2D eigenvalue weighted by atomic mass is 9.45. The molecule has 0 saturated heterocycles. The molecule has 7 atom stereocenters. The summed E-state index contributed by atoms with van der Waals surface area (Å²) in [5, 5.41) is 16.5. The molecule has 4 saturated carbocycles. The van der Waals surface area contributed by atoms with Gasteiger partial charge in [-0.05, 0) is 105 Å². The van der Waals surface area contributed by atoms with Crippen LogP contribution in [0.15, 0.2) is 30.1 Å². The van der Waals surface area contributed by atoms with Crippen molar-refractivity contribution in [3.8, 4) is 5.69 Å². The van der Waals surface area contributed by atoms with Gasteiger partial charge in [-0.2, -0.15) is 9.49 Å². The van der Waals surface area contributed by atoms with Crippen molar-refractivity contribution in [3.63, 3.8) is 0 Å². The van der Waals surface area contributed by atoms with Crippen LogP contribution in [-0.2, 0) is 20.7 Å². The van der Waals surface area contributed by atoms with Crippen LogP contribution in [0, 0.1) is 40.4 Å². The van der Waals surface area contributed by atoms with E-state index < -0.39 is 23.1 Å². The van der Waals surface area contributed by atoms with Gasteiger partial charge in [-0.1, -0.05) is 31.2 Å². The van der Waals surface area contributed by atoms with Crippen molar-refractivity contribution in [1.29, 1.82) is 0 Å². The zero-order valence-corrected chi connectivity index (χ0v) is 24.0. The molecule has 5 aliphatic rings. The van der Waals surface area contributed by atoms with Gasteiger partial charge in [0.05, 0.1) is 35.8 Å². The molecule has 0 aliphatic heterocycles. The second-order valence-electron chi connectivity index (χ2n) is 13.1. The van der Waals surface area contributed by atoms with Crippen molar-refractivity contribution in [1.82, 2.24) is 14.8 Å². The van der Waals surface area contributed by atoms with E-state index in [0.717, 1.165) is 61.5 Å². The molecule has 4 fully saturated rings. The first kappa shape index (κ1) is 26.4. The van der Waals surface area contributed by atoms with Crippen LogP contribution in [0.5, 0.6) is 0 Å². The van der Waals surface area contributed by atoms with Crippen LogP contribution in [0.1, 0.15) is 70.1 Å². The van der Waals surface area contributed by atoms with Crippen LogP contribution < -0.4 is 0 Å². The number of halogens is 1. The van der Waals surface area contributed by atoms with Crippen LogP contribution in [-0.4, -0.2) is 48.9 Å². The number of carbonyl (C=O) groups excluding carboxylic acids is 2. The van der Waals surface area contributed by atoms with Gasteiger partial charge in [0.2, 0.25) is 11.1 Å². The van der Waals surface area contributed by atoms with Gasteiger partial charge in [0.1, 0.15) is 0 Å². The zero-order valence-electron chi connectivity index (χ0n) is 23.2. The Kier molecular flexibility index (Phi) is 5.93. The molecule has 0 radical (unpaired) electrons. The van der Waals surface area contributed by atoms with Gasteiger partial charge in [-0.25, -0.2) is 9.67 Å². The van der Waals surface area contributed by atoms with E-state index in [1.54, 1.807) is 12.3 Å². The number of carbonyl (C=O) groups is 2. The summed E-state index contributed by atoms with van der Waals surface area (Å²) in [6.07, 6.45) is 12.8. The summed E-state index contributed by atoms with van der Waals surface area (Å²) in [6, 6.07) is 3.03. The fourth-order valence-electron chi connectivity index (χ4n) is 9.16. The molecule has 2 heterocycles. The average Bonchev–Trinajstić information content (AvgIpc) is 3.65. The predicted molar refractivity (Wildman–Crippen MR) is 149 cm³/mol. The van der Waals surface area contributed by atoms with Crippen LogP contribution in [0.2, 0.25) is 0 Å². The van der Waals surface area contributed by atoms with Crippen LogP contribution in [0.4, 0.5) is 4.39 Å². The Bertz CT molecular complexity index is 1420. The SMILES string of the molecule is CSC(=O)[C@@]1(OC(=O)C2CC2)CC[C@H]2[C@@H]3CCC4=Cc5c(cnn5-c5ccc(F)nc5)C[C@]4(C)[C@H]3[C@@H](O)C[C@@]21C. The second kappa shape index (κ2) is 8.99. The van der Waals surface area contributed by atoms with Gasteiger partial charge in [0, 0.05) is 5.41 Å². The molecule has 2 aromatic heterocycles. The van der Waals surface area contributed by atoms with E-state index >= 15 is 0 Å². The maximum atomic E-state index is 13.6. The molecule has 2 aromatic rings. The lowest BCUT2D eigenvalue weighted by Crippen LogP contribution is -2.62. The van der Waals surface area contributed by atoms with Crippen molar-refractivity contribution in [3.05, 3.63) is 47.3 Å². The highest BCUT2D eigenvalue weighted by Gasteiger charge is 2.70. The van der Waals surface area contributed by atoms with E-state index in [4.69, 9.17) is 4.74 Å². The molecule has 1 N–H and O–H groups in total. The van der Waals surface area contributed by atoms with Gasteiger partial charge in [-0.3, -0.25) is 9.59 Å². The molecule has 0 aromatic carbocycles. The molecular formula is C31H36FN3O4S. The smallest absolute Gasteiger partial charge is 0.309 e. The average molecular weight is 566 g/mol. The number of hydrogen-bond acceptors (Lipinski definition) is 7. The molecule has 212 valence electrons. The fraction of sp³-hybridized carbons (Fsp3) is 0.613. The maximum absolute atomic E-state index is 13.6. The molecular weight excluding hydrogens is 529 g/mol. The Labute approximate surface area is 238 Å². The highest BCUT2D eigenvalue weighted by atomic mass is 32.2. The number of pyridine rings is 1. The number of fused-ring (bicyclic) bond motifs is 6. The van der Waals surface area contributed by atoms with E-state index in [1.807, 2.05) is 10.9 Å². The Balaban J connectivity index is 1.23. The number of esters is 1. The number of aromatic nitrogens is 3. The third-order valence-corrected chi connectivity index (χ3v) is 11.9. The predicted octanol–water partition coefficient (Wildman–Crippen LogP) is 5.14. The minimum Gasteiger partial charge on any atom is -0.449 e. The van der Waals surface area contributed by atoms with Gasteiger partial charge in [0.15, 0.2) is 5.60 Å². The summed E-state index contributed by atoms with van der Waals surface area (Å²) in [5.41, 5.74) is 2.10. The van der Waals surface area contributed by atoms with Crippen molar-refractivity contribution < 1.29 is 23.8 Å². The van der Waals surface area contributed by atoms with Crippen molar-refractivity contribution in [2.45, 2.75) is 76.9 Å². The number of allylic oxidation sites excluding steroid dienone is 1. The van der Waals surface area contributed by atoms with E-state index in [2.05, 4.69) is 30.0 Å².